The van der Waals surface area contributed by atoms with Gasteiger partial charge < -0.3 is 4.90 Å². The molecule has 0 N–H and O–H groups in total. The normalized spacial score (nSPS) is 15.5. The van der Waals surface area contributed by atoms with Crippen LogP contribution in [0.3, 0.4) is 0 Å². The first-order chi connectivity index (χ1) is 9.08. The van der Waals surface area contributed by atoms with Crippen LogP contribution < -0.4 is 0 Å². The molecular formula is C13H19N5O. The van der Waals surface area contributed by atoms with Gasteiger partial charge in [-0.25, -0.2) is 0 Å². The van der Waals surface area contributed by atoms with Crippen LogP contribution in [-0.2, 0) is 13.1 Å². The summed E-state index contributed by atoms with van der Waals surface area (Å²) >= 11 is 0. The third kappa shape index (κ3) is 2.47. The molecule has 0 aromatic carbocycles. The highest BCUT2D eigenvalue weighted by Gasteiger charge is 2.26. The molecule has 0 unspecified atom stereocenters. The molecule has 0 atom stereocenters. The summed E-state index contributed by atoms with van der Waals surface area (Å²) in [7, 11) is 3.35. The number of fused-ring (bicyclic) bond motifs is 1. The summed E-state index contributed by atoms with van der Waals surface area (Å²) in [5.74, 6) is -0.208. The van der Waals surface area contributed by atoms with Crippen LogP contribution in [0.5, 0.6) is 0 Å². The molecule has 2 rings (SSSR count). The van der Waals surface area contributed by atoms with E-state index in [9.17, 15) is 10.1 Å². The number of aryl methyl sites for hydroxylation is 1. The summed E-state index contributed by atoms with van der Waals surface area (Å²) in [5, 5.41) is 13.7. The molecule has 0 spiro atoms. The third-order valence-corrected chi connectivity index (χ3v) is 3.44. The number of hydrogen-bond donors (Lipinski definition) is 0. The summed E-state index contributed by atoms with van der Waals surface area (Å²) in [4.78, 5) is 15.8. The molecule has 0 saturated heterocycles. The lowest BCUT2D eigenvalue weighted by molar-refractivity contribution is 0.0820. The van der Waals surface area contributed by atoms with Gasteiger partial charge in [-0.15, -0.1) is 0 Å². The van der Waals surface area contributed by atoms with Crippen LogP contribution in [0.15, 0.2) is 0 Å². The SMILES string of the molecule is CCN1CCCn2nc(C(=O)N(C)C)c(C#N)c2C1. The maximum atomic E-state index is 12.1. The number of amides is 1. The molecule has 19 heavy (non-hydrogen) atoms. The van der Waals surface area contributed by atoms with E-state index in [1.165, 1.54) is 4.90 Å². The summed E-state index contributed by atoms with van der Waals surface area (Å²) in [5.41, 5.74) is 1.58. The van der Waals surface area contributed by atoms with Gasteiger partial charge in [0.1, 0.15) is 11.6 Å². The predicted molar refractivity (Wildman–Crippen MR) is 70.5 cm³/mol. The summed E-state index contributed by atoms with van der Waals surface area (Å²) < 4.78 is 1.82. The fourth-order valence-corrected chi connectivity index (χ4v) is 2.33. The van der Waals surface area contributed by atoms with E-state index < -0.39 is 0 Å². The van der Waals surface area contributed by atoms with E-state index in [-0.39, 0.29) is 11.6 Å². The minimum Gasteiger partial charge on any atom is -0.343 e. The highest BCUT2D eigenvalue weighted by molar-refractivity contribution is 5.94. The maximum absolute atomic E-state index is 12.1. The van der Waals surface area contributed by atoms with Crippen LogP contribution in [-0.4, -0.2) is 52.7 Å². The number of aromatic nitrogens is 2. The summed E-state index contributed by atoms with van der Waals surface area (Å²) in [6, 6.07) is 2.15. The van der Waals surface area contributed by atoms with Gasteiger partial charge in [-0.3, -0.25) is 14.4 Å². The molecular weight excluding hydrogens is 242 g/mol. The van der Waals surface area contributed by atoms with Gasteiger partial charge in [0, 0.05) is 33.7 Å². The van der Waals surface area contributed by atoms with Crippen molar-refractivity contribution in [2.24, 2.45) is 0 Å². The van der Waals surface area contributed by atoms with Crippen molar-refractivity contribution in [3.63, 3.8) is 0 Å². The Morgan fingerprint density at radius 1 is 1.47 bits per heavy atom. The Kier molecular flexibility index (Phi) is 3.86. The Morgan fingerprint density at radius 3 is 2.79 bits per heavy atom. The van der Waals surface area contributed by atoms with Gasteiger partial charge >= 0.3 is 0 Å². The van der Waals surface area contributed by atoms with E-state index in [1.54, 1.807) is 14.1 Å². The number of carbonyl (C=O) groups excluding carboxylic acids is 1. The summed E-state index contributed by atoms with van der Waals surface area (Å²) in [6.45, 7) is 5.49. The first-order valence-electron chi connectivity index (χ1n) is 6.52. The van der Waals surface area contributed by atoms with Gasteiger partial charge in [-0.2, -0.15) is 10.4 Å². The monoisotopic (exact) mass is 261 g/mol. The van der Waals surface area contributed by atoms with Gasteiger partial charge in [0.2, 0.25) is 0 Å². The smallest absolute Gasteiger partial charge is 0.275 e. The Hall–Kier alpha value is -1.87. The van der Waals surface area contributed by atoms with E-state index in [0.717, 1.165) is 31.7 Å². The number of nitrogens with zero attached hydrogens (tertiary/aromatic N) is 5. The van der Waals surface area contributed by atoms with Gasteiger partial charge in [-0.1, -0.05) is 6.92 Å². The molecule has 1 amide bonds. The number of rotatable bonds is 2. The molecule has 1 aliphatic heterocycles. The zero-order valence-electron chi connectivity index (χ0n) is 11.7. The van der Waals surface area contributed by atoms with Crippen LogP contribution >= 0.6 is 0 Å². The molecule has 1 aromatic rings. The van der Waals surface area contributed by atoms with Gasteiger partial charge in [0.05, 0.1) is 5.69 Å². The van der Waals surface area contributed by atoms with Gasteiger partial charge in [0.25, 0.3) is 5.91 Å². The quantitative estimate of drug-likeness (QED) is 0.785. The van der Waals surface area contributed by atoms with E-state index in [2.05, 4.69) is 23.0 Å². The molecule has 102 valence electrons. The molecule has 0 bridgehead atoms. The van der Waals surface area contributed by atoms with Crippen molar-refractivity contribution in [2.75, 3.05) is 27.2 Å². The lowest BCUT2D eigenvalue weighted by Gasteiger charge is -2.16. The topological polar surface area (TPSA) is 65.2 Å². The van der Waals surface area contributed by atoms with Gasteiger partial charge in [-0.05, 0) is 13.0 Å². The highest BCUT2D eigenvalue weighted by atomic mass is 16.2. The van der Waals surface area contributed by atoms with Crippen molar-refractivity contribution in [1.82, 2.24) is 19.6 Å². The van der Waals surface area contributed by atoms with Crippen molar-refractivity contribution in [2.45, 2.75) is 26.4 Å². The van der Waals surface area contributed by atoms with Gasteiger partial charge in [0.15, 0.2) is 5.69 Å². The first kappa shape index (κ1) is 13.6. The second-order valence-corrected chi connectivity index (χ2v) is 4.93. The lowest BCUT2D eigenvalue weighted by Crippen LogP contribution is -2.24. The Labute approximate surface area is 113 Å². The molecule has 0 saturated carbocycles. The number of hydrogen-bond acceptors (Lipinski definition) is 4. The molecule has 1 aromatic heterocycles. The van der Waals surface area contributed by atoms with E-state index in [4.69, 9.17) is 0 Å². The standard InChI is InChI=1S/C13H19N5O/c1-4-17-6-5-7-18-11(9-17)10(8-14)12(15-18)13(19)16(2)3/h4-7,9H2,1-3H3. The largest absolute Gasteiger partial charge is 0.343 e. The molecule has 6 heteroatoms. The molecule has 2 heterocycles. The zero-order valence-corrected chi connectivity index (χ0v) is 11.7. The molecule has 0 aliphatic carbocycles. The maximum Gasteiger partial charge on any atom is 0.275 e. The Morgan fingerprint density at radius 2 is 2.21 bits per heavy atom. The second-order valence-electron chi connectivity index (χ2n) is 4.93. The zero-order chi connectivity index (χ0) is 14.0. The molecule has 6 nitrogen and oxygen atoms in total. The average molecular weight is 261 g/mol. The minimum atomic E-state index is -0.208. The van der Waals surface area contributed by atoms with Crippen molar-refractivity contribution < 1.29 is 4.79 Å². The Bertz CT molecular complexity index is 526. The number of nitriles is 1. The van der Waals surface area contributed by atoms with Crippen LogP contribution in [0.1, 0.15) is 35.1 Å². The van der Waals surface area contributed by atoms with Crippen molar-refractivity contribution in [1.29, 1.82) is 5.26 Å². The molecule has 1 aliphatic rings. The molecule has 0 radical (unpaired) electrons. The lowest BCUT2D eigenvalue weighted by atomic mass is 10.1. The van der Waals surface area contributed by atoms with Crippen molar-refractivity contribution in [3.8, 4) is 6.07 Å². The average Bonchev–Trinajstić information content (AvgIpc) is 2.61. The molecule has 0 fully saturated rings. The van der Waals surface area contributed by atoms with Crippen molar-refractivity contribution >= 4 is 5.91 Å². The van der Waals surface area contributed by atoms with Crippen LogP contribution in [0, 0.1) is 11.3 Å². The van der Waals surface area contributed by atoms with E-state index in [1.807, 2.05) is 4.68 Å². The van der Waals surface area contributed by atoms with E-state index in [0.29, 0.717) is 12.1 Å². The van der Waals surface area contributed by atoms with Crippen molar-refractivity contribution in [3.05, 3.63) is 17.0 Å². The second kappa shape index (κ2) is 5.41. The minimum absolute atomic E-state index is 0.208. The third-order valence-electron chi connectivity index (χ3n) is 3.44. The van der Waals surface area contributed by atoms with E-state index >= 15 is 0 Å². The first-order valence-corrected chi connectivity index (χ1v) is 6.52. The summed E-state index contributed by atoms with van der Waals surface area (Å²) in [6.07, 6.45) is 0.989. The highest BCUT2D eigenvalue weighted by Crippen LogP contribution is 2.20. The van der Waals surface area contributed by atoms with Crippen LogP contribution in [0.25, 0.3) is 0 Å². The van der Waals surface area contributed by atoms with Crippen LogP contribution in [0.4, 0.5) is 0 Å². The predicted octanol–water partition coefficient (Wildman–Crippen LogP) is 0.682. The Balaban J connectivity index is 2.46. The van der Waals surface area contributed by atoms with Crippen LogP contribution in [0.2, 0.25) is 0 Å². The number of carbonyl (C=O) groups is 1. The fourth-order valence-electron chi connectivity index (χ4n) is 2.33. The fraction of sp³-hybridized carbons (Fsp3) is 0.615.